The largest absolute Gasteiger partial charge is 0.486 e. The van der Waals surface area contributed by atoms with E-state index in [1.807, 2.05) is 30.0 Å². The highest BCUT2D eigenvalue weighted by atomic mass is 35.5. The molecule has 154 valence electrons. The number of hydrogen-bond donors (Lipinski definition) is 1. The van der Waals surface area contributed by atoms with Crippen LogP contribution in [0.5, 0.6) is 11.5 Å². The SMILES string of the molecule is CC(N)C1CCCN(C(=O)c2ncoc2-c2ccc3c(c2)OCCO3)C1.Cl.Cl. The average molecular weight is 430 g/mol. The Hall–Kier alpha value is -1.96. The van der Waals surface area contributed by atoms with Gasteiger partial charge in [-0.1, -0.05) is 0 Å². The molecule has 2 aromatic rings. The van der Waals surface area contributed by atoms with Crippen molar-refractivity contribution in [1.82, 2.24) is 9.88 Å². The zero-order valence-electron chi connectivity index (χ0n) is 15.6. The van der Waals surface area contributed by atoms with Crippen LogP contribution >= 0.6 is 24.8 Å². The minimum atomic E-state index is -0.117. The molecule has 0 bridgehead atoms. The molecule has 1 amide bonds. The summed E-state index contributed by atoms with van der Waals surface area (Å²) in [4.78, 5) is 19.0. The van der Waals surface area contributed by atoms with E-state index in [2.05, 4.69) is 4.98 Å². The quantitative estimate of drug-likeness (QED) is 0.805. The Morgan fingerprint density at radius 1 is 1.25 bits per heavy atom. The molecule has 0 aliphatic carbocycles. The Bertz CT molecular complexity index is 812. The monoisotopic (exact) mass is 429 g/mol. The predicted molar refractivity (Wildman–Crippen MR) is 110 cm³/mol. The van der Waals surface area contributed by atoms with Crippen molar-refractivity contribution in [2.75, 3.05) is 26.3 Å². The molecule has 2 aliphatic heterocycles. The first-order valence-electron chi connectivity index (χ1n) is 9.02. The number of aromatic nitrogens is 1. The summed E-state index contributed by atoms with van der Waals surface area (Å²) in [5.41, 5.74) is 7.11. The second-order valence-electron chi connectivity index (χ2n) is 6.90. The third-order valence-electron chi connectivity index (χ3n) is 5.06. The standard InChI is InChI=1S/C19H23N3O4.2ClH/c1-12(20)14-3-2-6-22(10-14)19(23)17-18(26-11-21-17)13-4-5-15-16(9-13)25-8-7-24-15;;/h4-5,9,11-12,14H,2-3,6-8,10,20H2,1H3;2*1H. The van der Waals surface area contributed by atoms with Crippen LogP contribution in [0.2, 0.25) is 0 Å². The maximum absolute atomic E-state index is 13.0. The highest BCUT2D eigenvalue weighted by Gasteiger charge is 2.30. The third kappa shape index (κ3) is 4.37. The van der Waals surface area contributed by atoms with E-state index in [0.717, 1.165) is 24.9 Å². The summed E-state index contributed by atoms with van der Waals surface area (Å²) < 4.78 is 16.7. The summed E-state index contributed by atoms with van der Waals surface area (Å²) in [6, 6.07) is 5.58. The van der Waals surface area contributed by atoms with Crippen LogP contribution in [-0.2, 0) is 0 Å². The molecule has 9 heteroatoms. The Labute approximate surface area is 176 Å². The molecule has 1 aromatic heterocycles. The molecule has 3 heterocycles. The molecule has 2 atom stereocenters. The van der Waals surface area contributed by atoms with Gasteiger partial charge in [0.1, 0.15) is 13.2 Å². The van der Waals surface area contributed by atoms with E-state index < -0.39 is 0 Å². The predicted octanol–water partition coefficient (Wildman–Crippen LogP) is 3.16. The summed E-state index contributed by atoms with van der Waals surface area (Å²) >= 11 is 0. The summed E-state index contributed by atoms with van der Waals surface area (Å²) in [7, 11) is 0. The zero-order valence-corrected chi connectivity index (χ0v) is 17.3. The van der Waals surface area contributed by atoms with Crippen LogP contribution in [0.1, 0.15) is 30.3 Å². The first kappa shape index (κ1) is 22.3. The summed E-state index contributed by atoms with van der Waals surface area (Å²) in [6.07, 6.45) is 3.32. The fourth-order valence-corrected chi connectivity index (χ4v) is 3.56. The van der Waals surface area contributed by atoms with E-state index in [9.17, 15) is 4.79 Å². The lowest BCUT2D eigenvalue weighted by Gasteiger charge is -2.34. The number of oxazole rings is 1. The van der Waals surface area contributed by atoms with Gasteiger partial charge in [-0.3, -0.25) is 4.79 Å². The van der Waals surface area contributed by atoms with Gasteiger partial charge in [-0.25, -0.2) is 4.98 Å². The van der Waals surface area contributed by atoms with Crippen molar-refractivity contribution in [2.45, 2.75) is 25.8 Å². The summed E-state index contributed by atoms with van der Waals surface area (Å²) in [5.74, 6) is 2.00. The van der Waals surface area contributed by atoms with Crippen LogP contribution in [0.4, 0.5) is 0 Å². The van der Waals surface area contributed by atoms with Crippen LogP contribution in [-0.4, -0.2) is 48.1 Å². The van der Waals surface area contributed by atoms with E-state index >= 15 is 0 Å². The van der Waals surface area contributed by atoms with Gasteiger partial charge in [0.25, 0.3) is 5.91 Å². The van der Waals surface area contributed by atoms with Crippen molar-refractivity contribution in [3.8, 4) is 22.8 Å². The van der Waals surface area contributed by atoms with Gasteiger partial charge in [0.15, 0.2) is 29.3 Å². The van der Waals surface area contributed by atoms with Gasteiger partial charge in [0.05, 0.1) is 0 Å². The smallest absolute Gasteiger partial charge is 0.276 e. The summed E-state index contributed by atoms with van der Waals surface area (Å²) in [5, 5.41) is 0. The Kier molecular flexibility index (Phi) is 7.57. The zero-order chi connectivity index (χ0) is 18.1. The minimum Gasteiger partial charge on any atom is -0.486 e. The number of carbonyl (C=O) groups is 1. The number of rotatable bonds is 3. The van der Waals surface area contributed by atoms with Crippen molar-refractivity contribution >= 4 is 30.7 Å². The van der Waals surface area contributed by atoms with Crippen LogP contribution in [0.3, 0.4) is 0 Å². The lowest BCUT2D eigenvalue weighted by Crippen LogP contribution is -2.45. The summed E-state index contributed by atoms with van der Waals surface area (Å²) in [6.45, 7) is 4.41. The molecule has 0 radical (unpaired) electrons. The first-order chi connectivity index (χ1) is 12.6. The van der Waals surface area contributed by atoms with Gasteiger partial charge in [0.2, 0.25) is 0 Å². The number of ether oxygens (including phenoxy) is 2. The van der Waals surface area contributed by atoms with Gasteiger partial charge in [-0.05, 0) is 43.9 Å². The molecular weight excluding hydrogens is 405 g/mol. The van der Waals surface area contributed by atoms with Crippen molar-refractivity contribution in [2.24, 2.45) is 11.7 Å². The highest BCUT2D eigenvalue weighted by molar-refractivity contribution is 5.97. The maximum atomic E-state index is 13.0. The van der Waals surface area contributed by atoms with E-state index in [1.165, 1.54) is 6.39 Å². The molecule has 0 spiro atoms. The number of carbonyl (C=O) groups excluding carboxylic acids is 1. The molecule has 2 aliphatic rings. The Balaban J connectivity index is 0.00000140. The third-order valence-corrected chi connectivity index (χ3v) is 5.06. The molecule has 2 unspecified atom stereocenters. The minimum absolute atomic E-state index is 0. The Morgan fingerprint density at radius 2 is 2.00 bits per heavy atom. The number of nitrogens with two attached hydrogens (primary N) is 1. The molecule has 7 nitrogen and oxygen atoms in total. The number of piperidine rings is 1. The lowest BCUT2D eigenvalue weighted by molar-refractivity contribution is 0.0656. The topological polar surface area (TPSA) is 90.8 Å². The second-order valence-corrected chi connectivity index (χ2v) is 6.90. The number of hydrogen-bond acceptors (Lipinski definition) is 6. The number of fused-ring (bicyclic) bond motifs is 1. The van der Waals surface area contributed by atoms with E-state index in [1.54, 1.807) is 0 Å². The molecule has 4 rings (SSSR count). The van der Waals surface area contributed by atoms with Crippen molar-refractivity contribution in [3.63, 3.8) is 0 Å². The molecular formula is C19H25Cl2N3O4. The van der Waals surface area contributed by atoms with Gasteiger partial charge in [-0.15, -0.1) is 24.8 Å². The molecule has 2 N–H and O–H groups in total. The number of likely N-dealkylation sites (tertiary alicyclic amines) is 1. The van der Waals surface area contributed by atoms with Crippen LogP contribution < -0.4 is 15.2 Å². The molecule has 1 fully saturated rings. The van der Waals surface area contributed by atoms with Gasteiger partial charge >= 0.3 is 0 Å². The van der Waals surface area contributed by atoms with E-state index in [4.69, 9.17) is 19.6 Å². The number of nitrogens with zero attached hydrogens (tertiary/aromatic N) is 2. The first-order valence-corrected chi connectivity index (χ1v) is 9.02. The normalized spacial score (nSPS) is 19.2. The molecule has 1 saturated heterocycles. The van der Waals surface area contributed by atoms with Gasteiger partial charge < -0.3 is 24.5 Å². The van der Waals surface area contributed by atoms with Gasteiger partial charge in [-0.2, -0.15) is 0 Å². The Morgan fingerprint density at radius 3 is 2.75 bits per heavy atom. The van der Waals surface area contributed by atoms with Crippen LogP contribution in [0, 0.1) is 5.92 Å². The molecule has 28 heavy (non-hydrogen) atoms. The second kappa shape index (κ2) is 9.49. The fraction of sp³-hybridized carbons (Fsp3) is 0.474. The van der Waals surface area contributed by atoms with Gasteiger partial charge in [0, 0.05) is 24.7 Å². The van der Waals surface area contributed by atoms with E-state index in [-0.39, 0.29) is 36.8 Å². The van der Waals surface area contributed by atoms with Crippen molar-refractivity contribution in [3.05, 3.63) is 30.3 Å². The highest BCUT2D eigenvalue weighted by Crippen LogP contribution is 2.36. The number of amides is 1. The lowest BCUT2D eigenvalue weighted by atomic mass is 9.92. The molecule has 1 aromatic carbocycles. The molecule has 0 saturated carbocycles. The number of benzene rings is 1. The number of halogens is 2. The van der Waals surface area contributed by atoms with Crippen molar-refractivity contribution in [1.29, 1.82) is 0 Å². The maximum Gasteiger partial charge on any atom is 0.276 e. The van der Waals surface area contributed by atoms with E-state index in [0.29, 0.717) is 48.6 Å². The van der Waals surface area contributed by atoms with Crippen LogP contribution in [0.15, 0.2) is 29.0 Å². The van der Waals surface area contributed by atoms with Crippen LogP contribution in [0.25, 0.3) is 11.3 Å². The fourth-order valence-electron chi connectivity index (χ4n) is 3.56. The average Bonchev–Trinajstić information content (AvgIpc) is 3.17. The van der Waals surface area contributed by atoms with Crippen molar-refractivity contribution < 1.29 is 18.7 Å².